The fraction of sp³-hybridized carbons (Fsp3) is 0. The lowest BCUT2D eigenvalue weighted by Gasteiger charge is -2.27. The summed E-state index contributed by atoms with van der Waals surface area (Å²) in [5.74, 6) is 0. The minimum absolute atomic E-state index is 0.0988. The molecule has 0 amide bonds. The molecule has 12 aromatic carbocycles. The minimum atomic E-state index is -0.459. The number of fused-ring (bicyclic) bond motifs is 7. The zero-order valence-corrected chi connectivity index (χ0v) is 36.5. The van der Waals surface area contributed by atoms with Crippen molar-refractivity contribution in [3.05, 3.63) is 267 Å². The summed E-state index contributed by atoms with van der Waals surface area (Å²) >= 11 is 0. The van der Waals surface area contributed by atoms with Gasteiger partial charge in [0, 0.05) is 38.6 Å². The summed E-state index contributed by atoms with van der Waals surface area (Å²) in [6, 6.07) is 66.7. The van der Waals surface area contributed by atoms with Crippen LogP contribution in [0.5, 0.6) is 0 Å². The van der Waals surface area contributed by atoms with Crippen LogP contribution < -0.4 is 4.90 Å². The van der Waals surface area contributed by atoms with Gasteiger partial charge in [-0.3, -0.25) is 0 Å². The van der Waals surface area contributed by atoms with Crippen molar-refractivity contribution in [3.8, 4) is 50.2 Å². The highest BCUT2D eigenvalue weighted by molar-refractivity contribution is 6.19. The van der Waals surface area contributed by atoms with Gasteiger partial charge >= 0.3 is 0 Å². The maximum atomic E-state index is 8.66. The highest BCUT2D eigenvalue weighted by atomic mass is 15.1. The van der Waals surface area contributed by atoms with Crippen LogP contribution in [0.2, 0.25) is 0 Å². The normalized spacial score (nSPS) is 13.6. The van der Waals surface area contributed by atoms with Crippen molar-refractivity contribution in [1.29, 1.82) is 0 Å². The number of nitrogens with zero attached hydrogens (tertiary/aromatic N) is 2. The van der Waals surface area contributed by atoms with Crippen molar-refractivity contribution >= 4 is 71.2 Å². The molecule has 0 unspecified atom stereocenters. The van der Waals surface area contributed by atoms with Crippen molar-refractivity contribution < 1.29 is 13.7 Å². The van der Waals surface area contributed by atoms with Crippen molar-refractivity contribution in [2.75, 3.05) is 4.90 Å². The quantitative estimate of drug-likeness (QED) is 0.148. The number of hydrogen-bond donors (Lipinski definition) is 0. The van der Waals surface area contributed by atoms with Crippen LogP contribution in [0.1, 0.15) is 13.7 Å². The Morgan fingerprint density at radius 3 is 1.57 bits per heavy atom. The van der Waals surface area contributed by atoms with E-state index in [0.717, 1.165) is 49.9 Å². The number of benzene rings is 12. The zero-order valence-electron chi connectivity index (χ0n) is 46.5. The summed E-state index contributed by atoms with van der Waals surface area (Å²) in [5.41, 5.74) is 11.0. The molecule has 1 aromatic heterocycles. The van der Waals surface area contributed by atoms with E-state index in [9.17, 15) is 0 Å². The molecule has 0 aliphatic heterocycles. The highest BCUT2D eigenvalue weighted by Crippen LogP contribution is 2.44. The van der Waals surface area contributed by atoms with E-state index in [1.807, 2.05) is 42.5 Å². The lowest BCUT2D eigenvalue weighted by molar-refractivity contribution is 1.19. The number of rotatable bonds is 8. The molecule has 0 saturated heterocycles. The molecule has 2 nitrogen and oxygen atoms in total. The Morgan fingerprint density at radius 2 is 0.868 bits per heavy atom. The SMILES string of the molecule is [2H]c1c([2H])c([2H])c(-c2ccc(N(c3ccc(-c4c([2H])c([2H])c([2H])c([2H])c4[2H])cc3)c3cccc4c(-c5ccc(-c6ccc7c(c6)c6ccc8ccccc8c6n7-c6ccc7ccccc7c6)cc5)cccc34)cc2)c([2H])c1[2H]. The number of aromatic nitrogens is 1. The third kappa shape index (κ3) is 6.82. The first kappa shape index (κ1) is 30.3. The third-order valence-electron chi connectivity index (χ3n) is 13.1. The van der Waals surface area contributed by atoms with E-state index in [-0.39, 0.29) is 35.3 Å². The molecule has 318 valence electrons. The molecule has 2 heteroatoms. The van der Waals surface area contributed by atoms with E-state index < -0.39 is 36.3 Å². The monoisotopic (exact) mass is 874 g/mol. The molecule has 68 heavy (non-hydrogen) atoms. The van der Waals surface area contributed by atoms with Gasteiger partial charge in [0.05, 0.1) is 30.4 Å². The van der Waals surface area contributed by atoms with Gasteiger partial charge in [0.2, 0.25) is 0 Å². The zero-order chi connectivity index (χ0) is 53.7. The van der Waals surface area contributed by atoms with Gasteiger partial charge in [0.1, 0.15) is 0 Å². The van der Waals surface area contributed by atoms with Crippen LogP contribution in [0.25, 0.3) is 104 Å². The van der Waals surface area contributed by atoms with Crippen LogP contribution in [0.15, 0.2) is 267 Å². The summed E-state index contributed by atoms with van der Waals surface area (Å²) in [4.78, 5) is 2.06. The summed E-state index contributed by atoms with van der Waals surface area (Å²) in [6.45, 7) is 0. The molecule has 13 aromatic rings. The number of anilines is 3. The van der Waals surface area contributed by atoms with Gasteiger partial charge in [-0.1, -0.05) is 212 Å². The Kier molecular flexibility index (Phi) is 7.33. The molecule has 0 fully saturated rings. The van der Waals surface area contributed by atoms with Crippen LogP contribution in [0, 0.1) is 0 Å². The van der Waals surface area contributed by atoms with Gasteiger partial charge in [0.25, 0.3) is 0 Å². The van der Waals surface area contributed by atoms with Gasteiger partial charge in [-0.15, -0.1) is 0 Å². The Bertz CT molecular complexity index is 4440. The van der Waals surface area contributed by atoms with Crippen LogP contribution in [-0.2, 0) is 0 Å². The van der Waals surface area contributed by atoms with Crippen molar-refractivity contribution in [1.82, 2.24) is 4.57 Å². The summed E-state index contributed by atoms with van der Waals surface area (Å²) in [6.07, 6.45) is 0. The van der Waals surface area contributed by atoms with Crippen molar-refractivity contribution in [3.63, 3.8) is 0 Å². The lowest BCUT2D eigenvalue weighted by Crippen LogP contribution is -2.10. The van der Waals surface area contributed by atoms with Crippen LogP contribution in [-0.4, -0.2) is 4.57 Å². The van der Waals surface area contributed by atoms with Gasteiger partial charge in [-0.05, 0) is 121 Å². The molecule has 0 aliphatic carbocycles. The Balaban J connectivity index is 0.904. The van der Waals surface area contributed by atoms with Crippen molar-refractivity contribution in [2.45, 2.75) is 0 Å². The fourth-order valence-corrected chi connectivity index (χ4v) is 9.90. The van der Waals surface area contributed by atoms with Gasteiger partial charge < -0.3 is 9.47 Å². The highest BCUT2D eigenvalue weighted by Gasteiger charge is 2.19. The first-order valence-corrected chi connectivity index (χ1v) is 22.6. The standard InChI is InChI=1S/C66H44N2/c1-3-13-45(14-4-1)48-29-36-55(37-30-48)67(56-38-31-49(32-39-56)46-15-5-2-6-16-46)64-24-12-22-60-58(21-11-23-61(60)64)52-27-25-50(26-28-52)54-35-42-65-63(44-54)62-41-34-51-18-9-10-20-59(51)66(62)68(65)57-40-33-47-17-7-8-19-53(47)43-57/h1-44H/i1D,2D,3D,4D,5D,6D,13D,14D,15D,16D. The molecule has 0 radical (unpaired) electrons. The Hall–Kier alpha value is -8.98. The van der Waals surface area contributed by atoms with E-state index in [1.54, 1.807) is 24.3 Å². The minimum Gasteiger partial charge on any atom is -0.310 e. The molecular formula is C66H44N2. The first-order valence-electron chi connectivity index (χ1n) is 27.6. The summed E-state index contributed by atoms with van der Waals surface area (Å²) in [5, 5.41) is 9.06. The van der Waals surface area contributed by atoms with E-state index in [4.69, 9.17) is 13.7 Å². The van der Waals surface area contributed by atoms with E-state index in [0.29, 0.717) is 22.5 Å². The van der Waals surface area contributed by atoms with Gasteiger partial charge in [0.15, 0.2) is 0 Å². The third-order valence-corrected chi connectivity index (χ3v) is 13.1. The van der Waals surface area contributed by atoms with E-state index in [2.05, 4.69) is 149 Å². The number of hydrogen-bond acceptors (Lipinski definition) is 1. The summed E-state index contributed by atoms with van der Waals surface area (Å²) in [7, 11) is 0. The Labute approximate surface area is 409 Å². The van der Waals surface area contributed by atoms with Gasteiger partial charge in [-0.2, -0.15) is 0 Å². The second-order valence-electron chi connectivity index (χ2n) is 17.0. The molecule has 0 saturated carbocycles. The molecule has 0 bridgehead atoms. The van der Waals surface area contributed by atoms with Gasteiger partial charge in [-0.25, -0.2) is 0 Å². The second kappa shape index (κ2) is 16.5. The van der Waals surface area contributed by atoms with E-state index >= 15 is 0 Å². The maximum Gasteiger partial charge on any atom is 0.0629 e. The molecule has 0 atom stereocenters. The molecule has 13 rings (SSSR count). The predicted molar refractivity (Wildman–Crippen MR) is 290 cm³/mol. The predicted octanol–water partition coefficient (Wildman–Crippen LogP) is 18.4. The van der Waals surface area contributed by atoms with E-state index in [1.165, 1.54) is 37.8 Å². The summed E-state index contributed by atoms with van der Waals surface area (Å²) < 4.78 is 86.5. The first-order chi connectivity index (χ1) is 37.9. The molecule has 0 aliphatic rings. The topological polar surface area (TPSA) is 8.17 Å². The Morgan fingerprint density at radius 1 is 0.324 bits per heavy atom. The fourth-order valence-electron chi connectivity index (χ4n) is 9.90. The molecule has 1 heterocycles. The smallest absolute Gasteiger partial charge is 0.0629 e. The van der Waals surface area contributed by atoms with Crippen molar-refractivity contribution in [2.24, 2.45) is 0 Å². The van der Waals surface area contributed by atoms with Crippen LogP contribution in [0.4, 0.5) is 17.1 Å². The second-order valence-corrected chi connectivity index (χ2v) is 17.0. The van der Waals surface area contributed by atoms with Crippen LogP contribution in [0.3, 0.4) is 0 Å². The maximum absolute atomic E-state index is 8.66. The average molecular weight is 875 g/mol. The largest absolute Gasteiger partial charge is 0.310 e. The lowest BCUT2D eigenvalue weighted by atomic mass is 9.94. The molecule has 0 spiro atoms. The molecule has 0 N–H and O–H groups in total. The molecular weight excluding hydrogens is 821 g/mol. The average Bonchev–Trinajstić information content (AvgIpc) is 3.86. The van der Waals surface area contributed by atoms with Crippen LogP contribution >= 0.6 is 0 Å².